The summed E-state index contributed by atoms with van der Waals surface area (Å²) >= 11 is 6.78. The largest absolute Gasteiger partial charge is 0.461 e. The minimum Gasteiger partial charge on any atom is -0.461 e. The third-order valence-electron chi connectivity index (χ3n) is 7.95. The zero-order valence-electron chi connectivity index (χ0n) is 21.9. The van der Waals surface area contributed by atoms with Gasteiger partial charge in [0, 0.05) is 11.4 Å². The SMILES string of the molecule is CCOC(=O)c1cccc(Nc2ccc(Nc3ccc(C4(C)CC5CC(C)CC(C5)C4)cc3Cl)cc2)n1. The van der Waals surface area contributed by atoms with Crippen LogP contribution in [0.1, 0.15) is 68.9 Å². The fraction of sp³-hybridized carbons (Fsp3) is 0.419. The normalized spacial score (nSPS) is 24.8. The highest BCUT2D eigenvalue weighted by Crippen LogP contribution is 2.51. The van der Waals surface area contributed by atoms with Crippen LogP contribution in [0.25, 0.3) is 0 Å². The van der Waals surface area contributed by atoms with E-state index in [1.165, 1.54) is 37.7 Å². The Hall–Kier alpha value is -3.05. The van der Waals surface area contributed by atoms with Crippen molar-refractivity contribution >= 4 is 40.5 Å². The van der Waals surface area contributed by atoms with E-state index in [-0.39, 0.29) is 11.1 Å². The van der Waals surface area contributed by atoms with E-state index in [9.17, 15) is 4.79 Å². The number of anilines is 4. The molecule has 0 radical (unpaired) electrons. The van der Waals surface area contributed by atoms with Crippen LogP contribution in [0.2, 0.25) is 5.02 Å². The molecule has 0 spiro atoms. The third-order valence-corrected chi connectivity index (χ3v) is 8.27. The van der Waals surface area contributed by atoms with Gasteiger partial charge in [0.1, 0.15) is 5.82 Å². The lowest BCUT2D eigenvalue weighted by Crippen LogP contribution is -2.38. The summed E-state index contributed by atoms with van der Waals surface area (Å²) in [6, 6.07) is 19.7. The van der Waals surface area contributed by atoms with Crippen LogP contribution in [-0.2, 0) is 10.2 Å². The Morgan fingerprint density at radius 1 is 1.00 bits per heavy atom. The number of benzene rings is 2. The Balaban J connectivity index is 1.24. The summed E-state index contributed by atoms with van der Waals surface area (Å²) in [6.07, 6.45) is 6.69. The third kappa shape index (κ3) is 5.93. The summed E-state index contributed by atoms with van der Waals surface area (Å²) in [4.78, 5) is 16.3. The van der Waals surface area contributed by atoms with E-state index in [0.717, 1.165) is 39.8 Å². The number of aromatic nitrogens is 1. The first-order valence-electron chi connectivity index (χ1n) is 13.4. The first-order chi connectivity index (χ1) is 17.8. The van der Waals surface area contributed by atoms with Crippen LogP contribution in [0.3, 0.4) is 0 Å². The Bertz CT molecular complexity index is 1240. The van der Waals surface area contributed by atoms with Gasteiger partial charge in [0.2, 0.25) is 0 Å². The van der Waals surface area contributed by atoms with Crippen molar-refractivity contribution in [3.05, 3.63) is 76.9 Å². The summed E-state index contributed by atoms with van der Waals surface area (Å²) in [5.41, 5.74) is 4.57. The number of carbonyl (C=O) groups is 1. The topological polar surface area (TPSA) is 63.2 Å². The number of carbonyl (C=O) groups excluding carboxylic acids is 1. The molecule has 37 heavy (non-hydrogen) atoms. The Morgan fingerprint density at radius 3 is 2.32 bits per heavy atom. The number of pyridine rings is 1. The molecule has 2 bridgehead atoms. The first-order valence-corrected chi connectivity index (χ1v) is 13.8. The molecule has 0 aliphatic heterocycles. The number of hydrogen-bond donors (Lipinski definition) is 2. The van der Waals surface area contributed by atoms with Gasteiger partial charge in [-0.2, -0.15) is 0 Å². The average Bonchev–Trinajstić information content (AvgIpc) is 2.86. The zero-order chi connectivity index (χ0) is 26.0. The van der Waals surface area contributed by atoms with Gasteiger partial charge in [0.05, 0.1) is 17.3 Å². The van der Waals surface area contributed by atoms with E-state index in [4.69, 9.17) is 16.3 Å². The molecule has 5 rings (SSSR count). The molecule has 2 aliphatic carbocycles. The molecular formula is C31H36ClN3O2. The van der Waals surface area contributed by atoms with Gasteiger partial charge in [-0.05, 0) is 116 Å². The first kappa shape index (κ1) is 25.6. The van der Waals surface area contributed by atoms with Crippen LogP contribution >= 0.6 is 11.6 Å². The van der Waals surface area contributed by atoms with Crippen LogP contribution in [0.15, 0.2) is 60.7 Å². The molecule has 194 valence electrons. The second-order valence-corrected chi connectivity index (χ2v) is 11.6. The number of fused-ring (bicyclic) bond motifs is 2. The molecule has 6 heteroatoms. The van der Waals surface area contributed by atoms with Crippen molar-refractivity contribution < 1.29 is 9.53 Å². The number of hydrogen-bond acceptors (Lipinski definition) is 5. The lowest BCUT2D eigenvalue weighted by atomic mass is 9.57. The second kappa shape index (κ2) is 10.7. The maximum atomic E-state index is 11.9. The molecule has 5 nitrogen and oxygen atoms in total. The van der Waals surface area contributed by atoms with Gasteiger partial charge in [-0.25, -0.2) is 9.78 Å². The van der Waals surface area contributed by atoms with Crippen molar-refractivity contribution in [2.75, 3.05) is 17.2 Å². The van der Waals surface area contributed by atoms with Crippen molar-refractivity contribution in [1.29, 1.82) is 0 Å². The molecule has 2 N–H and O–H groups in total. The number of halogens is 1. The van der Waals surface area contributed by atoms with E-state index in [0.29, 0.717) is 12.4 Å². The van der Waals surface area contributed by atoms with Gasteiger partial charge >= 0.3 is 5.97 Å². The monoisotopic (exact) mass is 517 g/mol. The lowest BCUT2D eigenvalue weighted by Gasteiger charge is -2.47. The highest BCUT2D eigenvalue weighted by atomic mass is 35.5. The summed E-state index contributed by atoms with van der Waals surface area (Å²) in [6.45, 7) is 6.95. The van der Waals surface area contributed by atoms with Crippen LogP contribution in [0.5, 0.6) is 0 Å². The minimum absolute atomic E-state index is 0.210. The van der Waals surface area contributed by atoms with E-state index >= 15 is 0 Å². The molecule has 1 aromatic heterocycles. The molecule has 2 aliphatic rings. The van der Waals surface area contributed by atoms with Crippen molar-refractivity contribution in [2.45, 2.75) is 58.3 Å². The fourth-order valence-electron chi connectivity index (χ4n) is 6.58. The van der Waals surface area contributed by atoms with Crippen molar-refractivity contribution in [3.63, 3.8) is 0 Å². The van der Waals surface area contributed by atoms with Gasteiger partial charge in [0.25, 0.3) is 0 Å². The van der Waals surface area contributed by atoms with Crippen molar-refractivity contribution in [3.8, 4) is 0 Å². The molecule has 2 aromatic carbocycles. The Kier molecular flexibility index (Phi) is 7.43. The highest BCUT2D eigenvalue weighted by Gasteiger charge is 2.41. The zero-order valence-corrected chi connectivity index (χ0v) is 22.6. The molecular weight excluding hydrogens is 482 g/mol. The molecule has 2 saturated carbocycles. The maximum Gasteiger partial charge on any atom is 0.356 e. The summed E-state index contributed by atoms with van der Waals surface area (Å²) < 4.78 is 5.03. The second-order valence-electron chi connectivity index (χ2n) is 11.2. The van der Waals surface area contributed by atoms with Crippen LogP contribution in [0.4, 0.5) is 22.9 Å². The van der Waals surface area contributed by atoms with E-state index in [2.05, 4.69) is 47.7 Å². The fourth-order valence-corrected chi connectivity index (χ4v) is 6.81. The lowest BCUT2D eigenvalue weighted by molar-refractivity contribution is 0.0519. The number of esters is 1. The average molecular weight is 518 g/mol. The Morgan fingerprint density at radius 2 is 1.68 bits per heavy atom. The molecule has 0 saturated heterocycles. The van der Waals surface area contributed by atoms with Gasteiger partial charge in [-0.15, -0.1) is 0 Å². The highest BCUT2D eigenvalue weighted by molar-refractivity contribution is 6.33. The minimum atomic E-state index is -0.427. The van der Waals surface area contributed by atoms with E-state index < -0.39 is 5.97 Å². The molecule has 2 unspecified atom stereocenters. The van der Waals surface area contributed by atoms with E-state index in [1.54, 1.807) is 19.1 Å². The van der Waals surface area contributed by atoms with Gasteiger partial charge in [0.15, 0.2) is 5.69 Å². The standard InChI is InChI=1S/C31H36ClN3O2/c1-4-37-30(36)28-6-5-7-29(35-28)34-25-11-9-24(10-12-25)33-27-13-8-23(17-26(27)32)31(3)18-21-14-20(2)15-22(16-21)19-31/h5-13,17,20-22,33H,4,14-16,18-19H2,1-3H3,(H,34,35). The smallest absolute Gasteiger partial charge is 0.356 e. The summed E-state index contributed by atoms with van der Waals surface area (Å²) in [5.74, 6) is 2.72. The molecule has 0 amide bonds. The van der Waals surface area contributed by atoms with Gasteiger partial charge < -0.3 is 15.4 Å². The molecule has 1 heterocycles. The summed E-state index contributed by atoms with van der Waals surface area (Å²) in [7, 11) is 0. The van der Waals surface area contributed by atoms with Gasteiger partial charge in [-0.3, -0.25) is 0 Å². The van der Waals surface area contributed by atoms with Crippen LogP contribution < -0.4 is 10.6 Å². The van der Waals surface area contributed by atoms with Crippen LogP contribution in [-0.4, -0.2) is 17.6 Å². The quantitative estimate of drug-likeness (QED) is 0.307. The molecule has 3 aromatic rings. The number of nitrogens with one attached hydrogen (secondary N) is 2. The summed E-state index contributed by atoms with van der Waals surface area (Å²) in [5, 5.41) is 7.45. The van der Waals surface area contributed by atoms with Crippen LogP contribution in [0, 0.1) is 17.8 Å². The Labute approximate surface area is 225 Å². The number of nitrogens with zero attached hydrogens (tertiary/aromatic N) is 1. The van der Waals surface area contributed by atoms with Crippen molar-refractivity contribution in [1.82, 2.24) is 4.98 Å². The van der Waals surface area contributed by atoms with Crippen molar-refractivity contribution in [2.24, 2.45) is 17.8 Å². The van der Waals surface area contributed by atoms with Gasteiger partial charge in [-0.1, -0.05) is 37.6 Å². The number of rotatable bonds is 7. The molecule has 2 atom stereocenters. The number of ether oxygens (including phenoxy) is 1. The van der Waals surface area contributed by atoms with E-state index in [1.807, 2.05) is 30.3 Å². The predicted octanol–water partition coefficient (Wildman–Crippen LogP) is 8.50. The maximum absolute atomic E-state index is 11.9. The molecule has 2 fully saturated rings. The predicted molar refractivity (Wildman–Crippen MR) is 151 cm³/mol.